The summed E-state index contributed by atoms with van der Waals surface area (Å²) in [4.78, 5) is 28.5. The molecule has 0 atom stereocenters. The molecule has 0 unspecified atom stereocenters. The minimum absolute atomic E-state index is 0.308. The number of nitrogens with zero attached hydrogens (tertiary/aromatic N) is 1. The number of nitrogens with one attached hydrogen (secondary N) is 1. The SMILES string of the molecule is CCOC(=O)c1ccc2nc(NC(=O)/C=C/c3ccc(-c4ccccc4Cl)o3)sc2c1. The summed E-state index contributed by atoms with van der Waals surface area (Å²) in [5.41, 5.74) is 1.92. The van der Waals surface area contributed by atoms with Crippen LogP contribution < -0.4 is 5.32 Å². The van der Waals surface area contributed by atoms with E-state index in [1.807, 2.05) is 18.2 Å². The van der Waals surface area contributed by atoms with Gasteiger partial charge in [0.15, 0.2) is 5.13 Å². The molecule has 4 aromatic rings. The van der Waals surface area contributed by atoms with Crippen LogP contribution in [0.5, 0.6) is 0 Å². The number of halogens is 1. The van der Waals surface area contributed by atoms with Gasteiger partial charge in [0.05, 0.1) is 27.4 Å². The number of hydrogen-bond acceptors (Lipinski definition) is 6. The number of thiazole rings is 1. The molecule has 0 aliphatic carbocycles. The molecule has 0 aliphatic heterocycles. The van der Waals surface area contributed by atoms with E-state index in [2.05, 4.69) is 10.3 Å². The lowest BCUT2D eigenvalue weighted by atomic mass is 10.2. The summed E-state index contributed by atoms with van der Waals surface area (Å²) in [6, 6.07) is 16.0. The first kappa shape index (κ1) is 20.8. The largest absolute Gasteiger partial charge is 0.462 e. The molecular formula is C23H17ClN2O4S. The number of hydrogen-bond donors (Lipinski definition) is 1. The molecule has 2 aromatic carbocycles. The minimum Gasteiger partial charge on any atom is -0.462 e. The lowest BCUT2D eigenvalue weighted by Gasteiger charge is -2.00. The van der Waals surface area contributed by atoms with E-state index in [0.29, 0.717) is 39.4 Å². The molecule has 2 heterocycles. The van der Waals surface area contributed by atoms with Crippen molar-refractivity contribution in [2.45, 2.75) is 6.92 Å². The third kappa shape index (κ3) is 4.84. The zero-order valence-electron chi connectivity index (χ0n) is 16.4. The van der Waals surface area contributed by atoms with Crippen LogP contribution in [0.1, 0.15) is 23.0 Å². The first-order valence-electron chi connectivity index (χ1n) is 9.45. The Morgan fingerprint density at radius 2 is 2.03 bits per heavy atom. The standard InChI is InChI=1S/C23H17ClN2O4S/c1-2-29-22(28)14-7-10-18-20(13-14)31-23(25-18)26-21(27)12-9-15-8-11-19(30-15)16-5-3-4-6-17(16)24/h3-13H,2H2,1H3,(H,25,26,27)/b12-9+. The van der Waals surface area contributed by atoms with E-state index in [9.17, 15) is 9.59 Å². The lowest BCUT2D eigenvalue weighted by Crippen LogP contribution is -2.07. The second-order valence-corrected chi connectivity index (χ2v) is 7.86. The quantitative estimate of drug-likeness (QED) is 0.285. The van der Waals surface area contributed by atoms with Gasteiger partial charge in [0.25, 0.3) is 0 Å². The topological polar surface area (TPSA) is 81.4 Å². The van der Waals surface area contributed by atoms with Crippen LogP contribution in [0.25, 0.3) is 27.6 Å². The zero-order valence-corrected chi connectivity index (χ0v) is 18.0. The van der Waals surface area contributed by atoms with Gasteiger partial charge in [-0.15, -0.1) is 0 Å². The van der Waals surface area contributed by atoms with Gasteiger partial charge in [0.2, 0.25) is 5.91 Å². The van der Waals surface area contributed by atoms with Crippen molar-refractivity contribution in [3.8, 4) is 11.3 Å². The normalized spacial score (nSPS) is 11.2. The second-order valence-electron chi connectivity index (χ2n) is 6.43. The maximum Gasteiger partial charge on any atom is 0.338 e. The Morgan fingerprint density at radius 1 is 1.19 bits per heavy atom. The molecule has 0 bridgehead atoms. The highest BCUT2D eigenvalue weighted by Gasteiger charge is 2.11. The predicted molar refractivity (Wildman–Crippen MR) is 122 cm³/mol. The number of aromatic nitrogens is 1. The Kier molecular flexibility index (Phi) is 6.16. The summed E-state index contributed by atoms with van der Waals surface area (Å²) < 4.78 is 11.5. The van der Waals surface area contributed by atoms with Crippen LogP contribution in [0.4, 0.5) is 5.13 Å². The number of fused-ring (bicyclic) bond motifs is 1. The smallest absolute Gasteiger partial charge is 0.338 e. The molecule has 1 amide bonds. The van der Waals surface area contributed by atoms with Gasteiger partial charge in [-0.1, -0.05) is 35.1 Å². The molecule has 4 rings (SSSR count). The molecule has 31 heavy (non-hydrogen) atoms. The molecule has 0 radical (unpaired) electrons. The summed E-state index contributed by atoms with van der Waals surface area (Å²) in [7, 11) is 0. The Balaban J connectivity index is 1.44. The average Bonchev–Trinajstić information content (AvgIpc) is 3.38. The highest BCUT2D eigenvalue weighted by atomic mass is 35.5. The monoisotopic (exact) mass is 452 g/mol. The van der Waals surface area contributed by atoms with Crippen LogP contribution in [0, 0.1) is 0 Å². The summed E-state index contributed by atoms with van der Waals surface area (Å²) >= 11 is 7.47. The van der Waals surface area contributed by atoms with Gasteiger partial charge in [-0.3, -0.25) is 10.1 Å². The van der Waals surface area contributed by atoms with Crippen LogP contribution >= 0.6 is 22.9 Å². The third-order valence-electron chi connectivity index (χ3n) is 4.29. The van der Waals surface area contributed by atoms with E-state index in [-0.39, 0.29) is 11.9 Å². The maximum atomic E-state index is 12.3. The number of amides is 1. The van der Waals surface area contributed by atoms with Crippen molar-refractivity contribution >= 4 is 56.2 Å². The fourth-order valence-electron chi connectivity index (χ4n) is 2.87. The molecule has 156 valence electrons. The fourth-order valence-corrected chi connectivity index (χ4v) is 4.01. The van der Waals surface area contributed by atoms with Gasteiger partial charge >= 0.3 is 5.97 Å². The van der Waals surface area contributed by atoms with Crippen LogP contribution in [0.3, 0.4) is 0 Å². The summed E-state index contributed by atoms with van der Waals surface area (Å²) in [6.45, 7) is 2.06. The summed E-state index contributed by atoms with van der Waals surface area (Å²) in [6.07, 6.45) is 2.94. The third-order valence-corrected chi connectivity index (χ3v) is 5.56. The summed E-state index contributed by atoms with van der Waals surface area (Å²) in [5, 5.41) is 3.75. The van der Waals surface area contributed by atoms with Crippen molar-refractivity contribution in [2.24, 2.45) is 0 Å². The Morgan fingerprint density at radius 3 is 2.84 bits per heavy atom. The first-order chi connectivity index (χ1) is 15.0. The van der Waals surface area contributed by atoms with E-state index in [4.69, 9.17) is 20.8 Å². The fraction of sp³-hybridized carbons (Fsp3) is 0.0870. The van der Waals surface area contributed by atoms with E-state index in [1.165, 1.54) is 17.4 Å². The summed E-state index contributed by atoms with van der Waals surface area (Å²) in [5.74, 6) is 0.406. The van der Waals surface area contributed by atoms with E-state index >= 15 is 0 Å². The number of esters is 1. The van der Waals surface area contributed by atoms with Gasteiger partial charge in [-0.2, -0.15) is 0 Å². The van der Waals surface area contributed by atoms with E-state index < -0.39 is 0 Å². The van der Waals surface area contributed by atoms with Crippen molar-refractivity contribution in [3.05, 3.63) is 77.0 Å². The van der Waals surface area contributed by atoms with Crippen molar-refractivity contribution in [1.29, 1.82) is 0 Å². The van der Waals surface area contributed by atoms with E-state index in [1.54, 1.807) is 49.4 Å². The molecule has 0 saturated heterocycles. The number of carbonyl (C=O) groups excluding carboxylic acids is 2. The van der Waals surface area contributed by atoms with Gasteiger partial charge < -0.3 is 9.15 Å². The molecule has 1 N–H and O–H groups in total. The number of furan rings is 1. The highest BCUT2D eigenvalue weighted by molar-refractivity contribution is 7.22. The molecule has 0 aliphatic rings. The van der Waals surface area contributed by atoms with Crippen molar-refractivity contribution in [3.63, 3.8) is 0 Å². The molecular weight excluding hydrogens is 436 g/mol. The molecule has 2 aromatic heterocycles. The first-order valence-corrected chi connectivity index (χ1v) is 10.6. The maximum absolute atomic E-state index is 12.3. The molecule has 8 heteroatoms. The lowest BCUT2D eigenvalue weighted by molar-refractivity contribution is -0.111. The predicted octanol–water partition coefficient (Wildman–Crippen LogP) is 6.04. The van der Waals surface area contributed by atoms with Crippen molar-refractivity contribution in [2.75, 3.05) is 11.9 Å². The number of benzene rings is 2. The number of rotatable bonds is 6. The number of anilines is 1. The highest BCUT2D eigenvalue weighted by Crippen LogP contribution is 2.30. The van der Waals surface area contributed by atoms with E-state index in [0.717, 1.165) is 10.3 Å². The van der Waals surface area contributed by atoms with Gasteiger partial charge in [-0.05, 0) is 55.5 Å². The number of carbonyl (C=O) groups is 2. The van der Waals surface area contributed by atoms with Gasteiger partial charge in [0.1, 0.15) is 11.5 Å². The van der Waals surface area contributed by atoms with Crippen LogP contribution in [0.15, 0.2) is 65.1 Å². The molecule has 0 fully saturated rings. The van der Waals surface area contributed by atoms with Crippen LogP contribution in [-0.4, -0.2) is 23.5 Å². The zero-order chi connectivity index (χ0) is 21.8. The van der Waals surface area contributed by atoms with Gasteiger partial charge in [0, 0.05) is 11.6 Å². The van der Waals surface area contributed by atoms with Crippen molar-refractivity contribution < 1.29 is 18.7 Å². The Bertz CT molecular complexity index is 1290. The Hall–Kier alpha value is -3.42. The number of ether oxygens (including phenoxy) is 1. The van der Waals surface area contributed by atoms with Crippen molar-refractivity contribution in [1.82, 2.24) is 4.98 Å². The molecule has 6 nitrogen and oxygen atoms in total. The second kappa shape index (κ2) is 9.16. The minimum atomic E-state index is -0.388. The van der Waals surface area contributed by atoms with Gasteiger partial charge in [-0.25, -0.2) is 9.78 Å². The Labute approximate surface area is 187 Å². The average molecular weight is 453 g/mol. The van der Waals surface area contributed by atoms with Crippen LogP contribution in [0.2, 0.25) is 5.02 Å². The molecule has 0 saturated carbocycles. The van der Waals surface area contributed by atoms with Crippen LogP contribution in [-0.2, 0) is 9.53 Å². The molecule has 0 spiro atoms.